The van der Waals surface area contributed by atoms with Gasteiger partial charge < -0.3 is 15.5 Å². The maximum atomic E-state index is 9.69. The molecule has 2 unspecified atom stereocenters. The quantitative estimate of drug-likeness (QED) is 0.693. The molecule has 19 heavy (non-hydrogen) atoms. The molecule has 112 valence electrons. The first-order chi connectivity index (χ1) is 9.04. The van der Waals surface area contributed by atoms with Crippen molar-refractivity contribution in [2.45, 2.75) is 51.7 Å². The Morgan fingerprint density at radius 3 is 2.26 bits per heavy atom. The second kappa shape index (κ2) is 6.53. The van der Waals surface area contributed by atoms with Gasteiger partial charge in [-0.1, -0.05) is 26.7 Å². The van der Waals surface area contributed by atoms with Crippen LogP contribution in [0.2, 0.25) is 0 Å². The van der Waals surface area contributed by atoms with Gasteiger partial charge in [-0.2, -0.15) is 0 Å². The third-order valence-corrected chi connectivity index (χ3v) is 4.98. The summed E-state index contributed by atoms with van der Waals surface area (Å²) in [7, 11) is 0. The van der Waals surface area contributed by atoms with Crippen LogP contribution in [0.1, 0.15) is 39.5 Å². The van der Waals surface area contributed by atoms with Gasteiger partial charge >= 0.3 is 0 Å². The average molecular weight is 270 g/mol. The summed E-state index contributed by atoms with van der Waals surface area (Å²) in [6.45, 7) is 8.86. The van der Waals surface area contributed by atoms with Crippen molar-refractivity contribution in [2.24, 2.45) is 11.3 Å². The lowest BCUT2D eigenvalue weighted by atomic mass is 9.70. The summed E-state index contributed by atoms with van der Waals surface area (Å²) in [5.41, 5.74) is 0.340. The fourth-order valence-electron chi connectivity index (χ4n) is 3.61. The zero-order valence-electron chi connectivity index (χ0n) is 12.4. The van der Waals surface area contributed by atoms with Crippen LogP contribution in [0.15, 0.2) is 0 Å². The number of likely N-dealkylation sites (tertiary alicyclic amines) is 1. The third kappa shape index (κ3) is 3.91. The molecule has 2 rings (SSSR count). The molecule has 4 heteroatoms. The van der Waals surface area contributed by atoms with Gasteiger partial charge in [0.15, 0.2) is 0 Å². The van der Waals surface area contributed by atoms with Crippen LogP contribution in [0.3, 0.4) is 0 Å². The molecular weight excluding hydrogens is 240 g/mol. The molecule has 0 radical (unpaired) electrons. The van der Waals surface area contributed by atoms with Crippen LogP contribution < -0.4 is 5.32 Å². The van der Waals surface area contributed by atoms with E-state index in [-0.39, 0.29) is 0 Å². The highest BCUT2D eigenvalue weighted by Gasteiger charge is 2.39. The van der Waals surface area contributed by atoms with Crippen LogP contribution in [0.5, 0.6) is 0 Å². The fourth-order valence-corrected chi connectivity index (χ4v) is 3.61. The largest absolute Gasteiger partial charge is 0.389 e. The molecule has 0 spiro atoms. The van der Waals surface area contributed by atoms with Gasteiger partial charge in [-0.05, 0) is 30.7 Å². The summed E-state index contributed by atoms with van der Waals surface area (Å²) in [5, 5.41) is 22.9. The van der Waals surface area contributed by atoms with E-state index in [0.29, 0.717) is 18.5 Å². The summed E-state index contributed by atoms with van der Waals surface area (Å²) in [5.74, 6) is 0.851. The van der Waals surface area contributed by atoms with Crippen molar-refractivity contribution in [1.82, 2.24) is 10.2 Å². The Morgan fingerprint density at radius 2 is 1.74 bits per heavy atom. The van der Waals surface area contributed by atoms with Gasteiger partial charge in [-0.3, -0.25) is 4.90 Å². The van der Waals surface area contributed by atoms with Crippen LogP contribution in [-0.4, -0.2) is 60.0 Å². The van der Waals surface area contributed by atoms with E-state index in [0.717, 1.165) is 25.6 Å². The van der Waals surface area contributed by atoms with Crippen molar-refractivity contribution in [1.29, 1.82) is 0 Å². The maximum absolute atomic E-state index is 9.69. The SMILES string of the molecule is CCNCC1(CN2CC(O)C(O)C2)CCC(C)CC1. The van der Waals surface area contributed by atoms with Gasteiger partial charge in [0.1, 0.15) is 0 Å². The highest BCUT2D eigenvalue weighted by molar-refractivity contribution is 4.93. The van der Waals surface area contributed by atoms with E-state index in [1.165, 1.54) is 25.7 Å². The second-order valence-electron chi connectivity index (χ2n) is 6.79. The van der Waals surface area contributed by atoms with Crippen LogP contribution in [0.4, 0.5) is 0 Å². The Kier molecular flexibility index (Phi) is 5.23. The number of nitrogens with one attached hydrogen (secondary N) is 1. The molecule has 2 atom stereocenters. The highest BCUT2D eigenvalue weighted by atomic mass is 16.3. The maximum Gasteiger partial charge on any atom is 0.0938 e. The number of aliphatic hydroxyl groups excluding tert-OH is 2. The molecule has 2 aliphatic rings. The number of hydrogen-bond donors (Lipinski definition) is 3. The molecule has 1 heterocycles. The van der Waals surface area contributed by atoms with E-state index in [2.05, 4.69) is 24.1 Å². The highest BCUT2D eigenvalue weighted by Crippen LogP contribution is 2.39. The smallest absolute Gasteiger partial charge is 0.0938 e. The zero-order valence-corrected chi connectivity index (χ0v) is 12.4. The lowest BCUT2D eigenvalue weighted by molar-refractivity contribution is 0.0572. The summed E-state index contributed by atoms with van der Waals surface area (Å²) < 4.78 is 0. The van der Waals surface area contributed by atoms with Crippen molar-refractivity contribution < 1.29 is 10.2 Å². The van der Waals surface area contributed by atoms with Crippen molar-refractivity contribution in [2.75, 3.05) is 32.7 Å². The predicted octanol–water partition coefficient (Wildman–Crippen LogP) is 0.830. The minimum Gasteiger partial charge on any atom is -0.389 e. The standard InChI is InChI=1S/C15H30N2O2/c1-3-16-10-15(6-4-12(2)5-7-15)11-17-8-13(18)14(19)9-17/h12-14,16,18-19H,3-11H2,1-2H3. The topological polar surface area (TPSA) is 55.7 Å². The first-order valence-corrected chi connectivity index (χ1v) is 7.84. The van der Waals surface area contributed by atoms with Crippen LogP contribution in [0, 0.1) is 11.3 Å². The summed E-state index contributed by atoms with van der Waals surface area (Å²) in [6, 6.07) is 0. The normalized spacial score (nSPS) is 40.7. The number of rotatable bonds is 5. The Bertz CT molecular complexity index is 262. The molecule has 4 nitrogen and oxygen atoms in total. The van der Waals surface area contributed by atoms with Crippen LogP contribution in [-0.2, 0) is 0 Å². The van der Waals surface area contributed by atoms with Gasteiger partial charge in [0.05, 0.1) is 12.2 Å². The number of β-amino-alcohol motifs (C(OH)–C–C–N with tert-alkyl or cyclic N) is 2. The molecular formula is C15H30N2O2. The monoisotopic (exact) mass is 270 g/mol. The lowest BCUT2D eigenvalue weighted by Crippen LogP contribution is -2.46. The van der Waals surface area contributed by atoms with Crippen molar-refractivity contribution >= 4 is 0 Å². The number of aliphatic hydroxyl groups is 2. The van der Waals surface area contributed by atoms with Crippen LogP contribution >= 0.6 is 0 Å². The molecule has 1 aliphatic carbocycles. The summed E-state index contributed by atoms with van der Waals surface area (Å²) in [6.07, 6.45) is 4.04. The predicted molar refractivity (Wildman–Crippen MR) is 77.1 cm³/mol. The van der Waals surface area contributed by atoms with Gasteiger partial charge in [-0.15, -0.1) is 0 Å². The van der Waals surface area contributed by atoms with E-state index in [9.17, 15) is 10.2 Å². The Labute approximate surface area is 117 Å². The zero-order chi connectivity index (χ0) is 13.9. The van der Waals surface area contributed by atoms with Gasteiger partial charge in [0.2, 0.25) is 0 Å². The minimum atomic E-state index is -0.557. The first-order valence-electron chi connectivity index (χ1n) is 7.84. The molecule has 0 bridgehead atoms. The van der Waals surface area contributed by atoms with Gasteiger partial charge in [0.25, 0.3) is 0 Å². The molecule has 0 aromatic carbocycles. The molecule has 1 saturated carbocycles. The fraction of sp³-hybridized carbons (Fsp3) is 1.00. The van der Waals surface area contributed by atoms with E-state index >= 15 is 0 Å². The Morgan fingerprint density at radius 1 is 1.16 bits per heavy atom. The van der Waals surface area contributed by atoms with E-state index < -0.39 is 12.2 Å². The summed E-state index contributed by atoms with van der Waals surface area (Å²) in [4.78, 5) is 2.25. The number of hydrogen-bond acceptors (Lipinski definition) is 4. The summed E-state index contributed by atoms with van der Waals surface area (Å²) >= 11 is 0. The number of nitrogens with zero attached hydrogens (tertiary/aromatic N) is 1. The van der Waals surface area contributed by atoms with Crippen LogP contribution in [0.25, 0.3) is 0 Å². The van der Waals surface area contributed by atoms with E-state index in [1.54, 1.807) is 0 Å². The molecule has 0 aromatic heterocycles. The Hall–Kier alpha value is -0.160. The minimum absolute atomic E-state index is 0.340. The molecule has 2 fully saturated rings. The molecule has 0 aromatic rings. The molecule has 1 aliphatic heterocycles. The average Bonchev–Trinajstić information content (AvgIpc) is 2.69. The molecule has 0 amide bonds. The van der Waals surface area contributed by atoms with Crippen molar-refractivity contribution in [3.8, 4) is 0 Å². The first kappa shape index (κ1) is 15.2. The van der Waals surface area contributed by atoms with Crippen molar-refractivity contribution in [3.63, 3.8) is 0 Å². The van der Waals surface area contributed by atoms with Gasteiger partial charge in [0, 0.05) is 26.2 Å². The third-order valence-electron chi connectivity index (χ3n) is 4.98. The van der Waals surface area contributed by atoms with Gasteiger partial charge in [-0.25, -0.2) is 0 Å². The van der Waals surface area contributed by atoms with E-state index in [1.807, 2.05) is 0 Å². The Balaban J connectivity index is 1.94. The molecule has 1 saturated heterocycles. The van der Waals surface area contributed by atoms with Crippen molar-refractivity contribution in [3.05, 3.63) is 0 Å². The second-order valence-corrected chi connectivity index (χ2v) is 6.79. The van der Waals surface area contributed by atoms with E-state index in [4.69, 9.17) is 0 Å². The lowest BCUT2D eigenvalue weighted by Gasteiger charge is -2.42. The molecule has 3 N–H and O–H groups in total.